The first-order valence-corrected chi connectivity index (χ1v) is 19.1. The molecule has 2 fully saturated rings. The van der Waals surface area contributed by atoms with Gasteiger partial charge in [0.05, 0.1) is 5.69 Å². The molecule has 0 bridgehead atoms. The molecule has 2 aliphatic carbocycles. The zero-order valence-electron chi connectivity index (χ0n) is 26.8. The Morgan fingerprint density at radius 1 is 0.522 bits per heavy atom. The monoisotopic (exact) mass is 691 g/mol. The van der Waals surface area contributed by atoms with Crippen molar-refractivity contribution in [3.05, 3.63) is 132 Å². The van der Waals surface area contributed by atoms with Crippen molar-refractivity contribution in [1.82, 2.24) is 4.98 Å². The fourth-order valence-electron chi connectivity index (χ4n) is 6.70. The molecule has 238 valence electrons. The van der Waals surface area contributed by atoms with Crippen LogP contribution in [0.1, 0.15) is 64.2 Å². The maximum Gasteiger partial charge on any atom is 0.0722 e. The summed E-state index contributed by atoms with van der Waals surface area (Å²) in [6, 6.07) is 41.6. The smallest absolute Gasteiger partial charge is 0.0722 e. The van der Waals surface area contributed by atoms with Crippen LogP contribution >= 0.6 is 23.9 Å². The van der Waals surface area contributed by atoms with Crippen LogP contribution in [0.15, 0.2) is 132 Å². The predicted molar refractivity (Wildman–Crippen MR) is 205 cm³/mol. The number of nitrogens with two attached hydrogens (primary N) is 2. The quantitative estimate of drug-likeness (QED) is 0.142. The summed E-state index contributed by atoms with van der Waals surface area (Å²) in [7, 11) is -0.0365. The molecule has 1 aromatic heterocycles. The number of aromatic nitrogens is 1. The van der Waals surface area contributed by atoms with Gasteiger partial charge in [0.1, 0.15) is 0 Å². The molecule has 0 atom stereocenters. The van der Waals surface area contributed by atoms with Crippen molar-refractivity contribution in [1.29, 1.82) is 0 Å². The lowest BCUT2D eigenvalue weighted by Crippen LogP contribution is -2.27. The Hall–Kier alpha value is -3.46. The number of benzene rings is 4. The second-order valence-corrected chi connectivity index (χ2v) is 15.8. The molecule has 0 radical (unpaired) electrons. The van der Waals surface area contributed by atoms with Crippen molar-refractivity contribution in [2.75, 3.05) is 11.5 Å². The van der Waals surface area contributed by atoms with E-state index in [-0.39, 0.29) is 7.92 Å². The Balaban J connectivity index is 0.000000164. The van der Waals surface area contributed by atoms with Crippen LogP contribution < -0.4 is 16.8 Å². The Morgan fingerprint density at radius 2 is 1.04 bits per heavy atom. The summed E-state index contributed by atoms with van der Waals surface area (Å²) < 4.78 is 0.958. The van der Waals surface area contributed by atoms with Gasteiger partial charge < -0.3 is 11.5 Å². The molecular weight excluding hydrogens is 645 g/mol. The third kappa shape index (κ3) is 9.53. The molecule has 7 rings (SSSR count). The average Bonchev–Trinajstić information content (AvgIpc) is 3.12. The summed E-state index contributed by atoms with van der Waals surface area (Å²) in [6.07, 6.45) is 16.4. The minimum atomic E-state index is -0.0365. The minimum absolute atomic E-state index is 0.0365. The van der Waals surface area contributed by atoms with Crippen LogP contribution in [0.3, 0.4) is 0 Å². The minimum Gasteiger partial charge on any atom is -0.398 e. The Labute approximate surface area is 285 Å². The lowest BCUT2D eigenvalue weighted by atomic mass is 9.99. The van der Waals surface area contributed by atoms with Crippen LogP contribution in [-0.4, -0.2) is 16.3 Å². The molecule has 4 N–H and O–H groups in total. The van der Waals surface area contributed by atoms with E-state index in [1.807, 2.05) is 66.7 Å². The average molecular weight is 693 g/mol. The third-order valence-corrected chi connectivity index (χ3v) is 13.3. The van der Waals surface area contributed by atoms with Crippen molar-refractivity contribution in [3.63, 3.8) is 0 Å². The number of hydrogen-bond donors (Lipinski definition) is 2. The molecule has 3 nitrogen and oxygen atoms in total. The maximum absolute atomic E-state index is 5.81. The zero-order valence-corrected chi connectivity index (χ0v) is 29.3. The first kappa shape index (κ1) is 33.9. The summed E-state index contributed by atoms with van der Waals surface area (Å²) >= 11 is 3.27. The molecule has 46 heavy (non-hydrogen) atoms. The highest BCUT2D eigenvalue weighted by molar-refractivity contribution is 9.10. The van der Waals surface area contributed by atoms with Crippen LogP contribution in [0, 0.1) is 0 Å². The van der Waals surface area contributed by atoms with Crippen LogP contribution in [0.4, 0.5) is 11.4 Å². The van der Waals surface area contributed by atoms with E-state index in [9.17, 15) is 0 Å². The second-order valence-electron chi connectivity index (χ2n) is 12.2. The van der Waals surface area contributed by atoms with Crippen molar-refractivity contribution in [2.45, 2.75) is 75.5 Å². The van der Waals surface area contributed by atoms with E-state index in [0.717, 1.165) is 38.4 Å². The Kier molecular flexibility index (Phi) is 13.3. The normalized spacial score (nSPS) is 15.3. The van der Waals surface area contributed by atoms with E-state index in [1.165, 1.54) is 75.3 Å². The van der Waals surface area contributed by atoms with E-state index in [0.29, 0.717) is 0 Å². The van der Waals surface area contributed by atoms with Gasteiger partial charge in [-0.05, 0) is 99.7 Å². The maximum atomic E-state index is 5.81. The number of para-hydroxylation sites is 2. The molecule has 4 aromatic carbocycles. The van der Waals surface area contributed by atoms with Crippen molar-refractivity contribution in [2.24, 2.45) is 0 Å². The molecule has 2 aliphatic rings. The van der Waals surface area contributed by atoms with E-state index >= 15 is 0 Å². The van der Waals surface area contributed by atoms with Gasteiger partial charge in [0.2, 0.25) is 0 Å². The number of nitrogens with zero attached hydrogens (tertiary/aromatic N) is 1. The summed E-state index contributed by atoms with van der Waals surface area (Å²) in [4.78, 5) is 4.23. The lowest BCUT2D eigenvalue weighted by Gasteiger charge is -2.39. The molecule has 0 aliphatic heterocycles. The highest BCUT2D eigenvalue weighted by Gasteiger charge is 2.33. The molecule has 1 heterocycles. The van der Waals surface area contributed by atoms with Crippen molar-refractivity contribution in [3.8, 4) is 22.4 Å². The number of pyridine rings is 1. The van der Waals surface area contributed by atoms with Gasteiger partial charge in [-0.25, -0.2) is 0 Å². The fourth-order valence-corrected chi connectivity index (χ4v) is 10.9. The van der Waals surface area contributed by atoms with Gasteiger partial charge in [0.15, 0.2) is 0 Å². The van der Waals surface area contributed by atoms with Gasteiger partial charge in [-0.3, -0.25) is 4.98 Å². The van der Waals surface area contributed by atoms with Crippen LogP contribution in [0.2, 0.25) is 0 Å². The van der Waals surface area contributed by atoms with Gasteiger partial charge in [-0.15, -0.1) is 0 Å². The first-order valence-electron chi connectivity index (χ1n) is 16.8. The topological polar surface area (TPSA) is 64.9 Å². The highest BCUT2D eigenvalue weighted by Crippen LogP contribution is 2.56. The lowest BCUT2D eigenvalue weighted by molar-refractivity contribution is 0.487. The molecule has 0 amide bonds. The van der Waals surface area contributed by atoms with Crippen LogP contribution in [-0.2, 0) is 0 Å². The van der Waals surface area contributed by atoms with Crippen molar-refractivity contribution >= 4 is 40.5 Å². The zero-order chi connectivity index (χ0) is 32.0. The first-order chi connectivity index (χ1) is 22.6. The van der Waals surface area contributed by atoms with Crippen LogP contribution in [0.25, 0.3) is 22.4 Å². The second kappa shape index (κ2) is 18.0. The largest absolute Gasteiger partial charge is 0.398 e. The molecule has 0 unspecified atom stereocenters. The standard InChI is InChI=1S/C24H31P.C11H10N2.C6H6BrN/c1-4-12-20(13-5-1)23-18-10-11-19-24(23)25(21-14-6-2-7-15-21)22-16-8-3-9-17-22;12-10-6-2-1-5-9(10)11-7-3-4-8-13-11;7-5-3-1-2-4-6(5)8/h1,4-5,10-13,18-19,21-22H,2-3,6-9,14-17H2;1-8H,12H2;1-4H,8H2. The number of halogens is 1. The SMILES string of the molecule is Nc1ccccc1-c1ccccn1.Nc1ccccc1Br.c1ccc(-c2ccccc2P(C2CCCCC2)C2CCCCC2)cc1. The van der Waals surface area contributed by atoms with Gasteiger partial charge in [0.25, 0.3) is 0 Å². The number of hydrogen-bond acceptors (Lipinski definition) is 3. The fraction of sp³-hybridized carbons (Fsp3) is 0.293. The summed E-state index contributed by atoms with van der Waals surface area (Å²) in [5.41, 5.74) is 19.6. The van der Waals surface area contributed by atoms with Gasteiger partial charge >= 0.3 is 0 Å². The summed E-state index contributed by atoms with van der Waals surface area (Å²) in [5, 5.41) is 1.71. The van der Waals surface area contributed by atoms with Gasteiger partial charge in [0, 0.05) is 27.6 Å². The number of anilines is 2. The molecular formula is C41H47BrN3P. The highest BCUT2D eigenvalue weighted by atomic mass is 79.9. The summed E-state index contributed by atoms with van der Waals surface area (Å²) in [5.74, 6) is 0. The Morgan fingerprint density at radius 3 is 1.59 bits per heavy atom. The predicted octanol–water partition coefficient (Wildman–Crippen LogP) is 11.5. The van der Waals surface area contributed by atoms with Gasteiger partial charge in [-0.2, -0.15) is 0 Å². The van der Waals surface area contributed by atoms with E-state index in [2.05, 4.69) is 75.5 Å². The van der Waals surface area contributed by atoms with E-state index in [1.54, 1.807) is 11.5 Å². The molecule has 5 heteroatoms. The summed E-state index contributed by atoms with van der Waals surface area (Å²) in [6.45, 7) is 0. The van der Waals surface area contributed by atoms with E-state index in [4.69, 9.17) is 11.5 Å². The Bertz CT molecular complexity index is 1560. The van der Waals surface area contributed by atoms with E-state index < -0.39 is 0 Å². The van der Waals surface area contributed by atoms with Crippen LogP contribution in [0.5, 0.6) is 0 Å². The molecule has 0 spiro atoms. The third-order valence-electron chi connectivity index (χ3n) is 9.01. The molecule has 5 aromatic rings. The molecule has 0 saturated heterocycles. The van der Waals surface area contributed by atoms with Crippen molar-refractivity contribution < 1.29 is 0 Å². The number of nitrogen functional groups attached to an aromatic ring is 2. The molecule has 2 saturated carbocycles. The van der Waals surface area contributed by atoms with Gasteiger partial charge in [-0.1, -0.05) is 137 Å². The number of rotatable bonds is 5.